The number of nitrogens with one attached hydrogen (secondary N) is 2. The van der Waals surface area contributed by atoms with Gasteiger partial charge < -0.3 is 20.5 Å². The van der Waals surface area contributed by atoms with Gasteiger partial charge in [0.1, 0.15) is 6.04 Å². The van der Waals surface area contributed by atoms with E-state index in [1.54, 1.807) is 0 Å². The van der Waals surface area contributed by atoms with Crippen LogP contribution < -0.4 is 10.6 Å². The molecule has 0 bridgehead atoms. The Balaban J connectivity index is 2.33. The fourth-order valence-corrected chi connectivity index (χ4v) is 2.01. The van der Waals surface area contributed by atoms with E-state index in [1.807, 2.05) is 0 Å². The molecule has 0 radical (unpaired) electrons. The number of rotatable bonds is 7. The summed E-state index contributed by atoms with van der Waals surface area (Å²) in [6.07, 6.45) is 1.68. The summed E-state index contributed by atoms with van der Waals surface area (Å²) in [4.78, 5) is 33.6. The molecule has 1 rings (SSSR count). The summed E-state index contributed by atoms with van der Waals surface area (Å²) in [5.41, 5.74) is 0. The van der Waals surface area contributed by atoms with Crippen LogP contribution in [0.15, 0.2) is 0 Å². The van der Waals surface area contributed by atoms with Gasteiger partial charge in [-0.2, -0.15) is 0 Å². The van der Waals surface area contributed by atoms with Crippen LogP contribution in [0, 0.1) is 5.92 Å². The van der Waals surface area contributed by atoms with Crippen molar-refractivity contribution in [3.05, 3.63) is 0 Å². The third-order valence-electron chi connectivity index (χ3n) is 3.17. The standard InChI is InChI=1S/C12H20N2O5/c1-19-11(16)6-9(12(17)18)14-10(15)3-2-8-4-5-13-7-8/h8-9,13H,2-7H2,1H3,(H,14,15)(H,17,18)/t8?,9-/m0/s1. The van der Waals surface area contributed by atoms with Crippen LogP contribution in [0.4, 0.5) is 0 Å². The number of amides is 1. The molecule has 0 aromatic heterocycles. The number of carbonyl (C=O) groups is 3. The van der Waals surface area contributed by atoms with Gasteiger partial charge in [-0.25, -0.2) is 4.79 Å². The number of carboxylic acids is 1. The summed E-state index contributed by atoms with van der Waals surface area (Å²) in [5.74, 6) is -1.77. The smallest absolute Gasteiger partial charge is 0.326 e. The molecule has 1 fully saturated rings. The van der Waals surface area contributed by atoms with Gasteiger partial charge in [-0.15, -0.1) is 0 Å². The van der Waals surface area contributed by atoms with Crippen LogP contribution in [0.2, 0.25) is 0 Å². The molecule has 1 aliphatic rings. The Bertz CT molecular complexity index is 339. The van der Waals surface area contributed by atoms with E-state index in [0.29, 0.717) is 5.92 Å². The predicted octanol–water partition coefficient (Wildman–Crippen LogP) is -0.491. The second-order valence-corrected chi connectivity index (χ2v) is 4.64. The lowest BCUT2D eigenvalue weighted by atomic mass is 10.0. The topological polar surface area (TPSA) is 105 Å². The van der Waals surface area contributed by atoms with Gasteiger partial charge >= 0.3 is 11.9 Å². The van der Waals surface area contributed by atoms with Gasteiger partial charge in [0.15, 0.2) is 0 Å². The quantitative estimate of drug-likeness (QED) is 0.540. The molecule has 0 aromatic carbocycles. The zero-order chi connectivity index (χ0) is 14.3. The summed E-state index contributed by atoms with van der Waals surface area (Å²) >= 11 is 0. The molecule has 0 saturated carbocycles. The summed E-state index contributed by atoms with van der Waals surface area (Å²) in [7, 11) is 1.18. The molecule has 1 unspecified atom stereocenters. The van der Waals surface area contributed by atoms with Gasteiger partial charge in [-0.3, -0.25) is 9.59 Å². The lowest BCUT2D eigenvalue weighted by Crippen LogP contribution is -2.42. The molecular weight excluding hydrogens is 252 g/mol. The molecular formula is C12H20N2O5. The zero-order valence-electron chi connectivity index (χ0n) is 11.0. The molecule has 1 heterocycles. The molecule has 2 atom stereocenters. The second-order valence-electron chi connectivity index (χ2n) is 4.64. The van der Waals surface area contributed by atoms with Gasteiger partial charge in [0.05, 0.1) is 13.5 Å². The molecule has 0 aromatic rings. The van der Waals surface area contributed by atoms with Crippen LogP contribution in [-0.4, -0.2) is 49.2 Å². The summed E-state index contributed by atoms with van der Waals surface area (Å²) < 4.78 is 4.39. The van der Waals surface area contributed by atoms with Crippen LogP contribution >= 0.6 is 0 Å². The van der Waals surface area contributed by atoms with Crippen molar-refractivity contribution in [3.8, 4) is 0 Å². The molecule has 3 N–H and O–H groups in total. The molecule has 0 spiro atoms. The molecule has 19 heavy (non-hydrogen) atoms. The highest BCUT2D eigenvalue weighted by molar-refractivity contribution is 5.87. The number of hydrogen-bond acceptors (Lipinski definition) is 5. The Morgan fingerprint density at radius 3 is 2.74 bits per heavy atom. The number of carboxylic acid groups (broad SMARTS) is 1. The van der Waals surface area contributed by atoms with E-state index in [4.69, 9.17) is 5.11 Å². The predicted molar refractivity (Wildman–Crippen MR) is 66.4 cm³/mol. The van der Waals surface area contributed by atoms with Gasteiger partial charge in [0, 0.05) is 6.42 Å². The fourth-order valence-electron chi connectivity index (χ4n) is 2.01. The number of carbonyl (C=O) groups excluding carboxylic acids is 2. The first-order valence-corrected chi connectivity index (χ1v) is 6.32. The van der Waals surface area contributed by atoms with E-state index in [1.165, 1.54) is 7.11 Å². The third kappa shape index (κ3) is 5.69. The maximum Gasteiger partial charge on any atom is 0.326 e. The van der Waals surface area contributed by atoms with Crippen LogP contribution in [0.1, 0.15) is 25.7 Å². The van der Waals surface area contributed by atoms with Crippen molar-refractivity contribution in [2.45, 2.75) is 31.7 Å². The Morgan fingerprint density at radius 2 is 2.21 bits per heavy atom. The van der Waals surface area contributed by atoms with Gasteiger partial charge in [-0.1, -0.05) is 0 Å². The van der Waals surface area contributed by atoms with Crippen molar-refractivity contribution in [1.82, 2.24) is 10.6 Å². The Morgan fingerprint density at radius 1 is 1.47 bits per heavy atom. The SMILES string of the molecule is COC(=O)C[C@H](NC(=O)CCC1CCNC1)C(=O)O. The highest BCUT2D eigenvalue weighted by Crippen LogP contribution is 2.14. The van der Waals surface area contributed by atoms with Crippen molar-refractivity contribution >= 4 is 17.8 Å². The van der Waals surface area contributed by atoms with Crippen molar-refractivity contribution < 1.29 is 24.2 Å². The van der Waals surface area contributed by atoms with Crippen molar-refractivity contribution in [2.24, 2.45) is 5.92 Å². The maximum atomic E-state index is 11.6. The number of ether oxygens (including phenoxy) is 1. The first kappa shape index (κ1) is 15.4. The lowest BCUT2D eigenvalue weighted by Gasteiger charge is -2.14. The van der Waals surface area contributed by atoms with E-state index in [9.17, 15) is 14.4 Å². The number of aliphatic carboxylic acids is 1. The molecule has 7 heteroatoms. The lowest BCUT2D eigenvalue weighted by molar-refractivity contribution is -0.148. The van der Waals surface area contributed by atoms with Crippen LogP contribution in [0.5, 0.6) is 0 Å². The maximum absolute atomic E-state index is 11.6. The van der Waals surface area contributed by atoms with E-state index in [-0.39, 0.29) is 18.7 Å². The van der Waals surface area contributed by atoms with Gasteiger partial charge in [0.2, 0.25) is 5.91 Å². The van der Waals surface area contributed by atoms with Crippen LogP contribution in [0.25, 0.3) is 0 Å². The molecule has 7 nitrogen and oxygen atoms in total. The zero-order valence-corrected chi connectivity index (χ0v) is 11.0. The fraction of sp³-hybridized carbons (Fsp3) is 0.750. The third-order valence-corrected chi connectivity index (χ3v) is 3.17. The Labute approximate surface area is 111 Å². The van der Waals surface area contributed by atoms with E-state index in [2.05, 4.69) is 15.4 Å². The molecule has 1 aliphatic heterocycles. The van der Waals surface area contributed by atoms with Crippen molar-refractivity contribution in [3.63, 3.8) is 0 Å². The van der Waals surface area contributed by atoms with E-state index < -0.39 is 18.0 Å². The first-order valence-electron chi connectivity index (χ1n) is 6.32. The highest BCUT2D eigenvalue weighted by Gasteiger charge is 2.24. The average Bonchev–Trinajstić information content (AvgIpc) is 2.88. The van der Waals surface area contributed by atoms with E-state index >= 15 is 0 Å². The summed E-state index contributed by atoms with van der Waals surface area (Å²) in [6.45, 7) is 1.87. The number of esters is 1. The first-order chi connectivity index (χ1) is 9.02. The van der Waals surface area contributed by atoms with Gasteiger partial charge in [0.25, 0.3) is 0 Å². The average molecular weight is 272 g/mol. The number of methoxy groups -OCH3 is 1. The monoisotopic (exact) mass is 272 g/mol. The largest absolute Gasteiger partial charge is 0.480 e. The minimum atomic E-state index is -1.23. The molecule has 108 valence electrons. The number of hydrogen-bond donors (Lipinski definition) is 3. The summed E-state index contributed by atoms with van der Waals surface area (Å²) in [6, 6.07) is -1.22. The Kier molecular flexibility index (Phi) is 6.27. The van der Waals surface area contributed by atoms with Crippen LogP contribution in [0.3, 0.4) is 0 Å². The molecule has 0 aliphatic carbocycles. The Hall–Kier alpha value is -1.63. The molecule has 1 saturated heterocycles. The minimum absolute atomic E-state index is 0.275. The van der Waals surface area contributed by atoms with Gasteiger partial charge in [-0.05, 0) is 31.8 Å². The van der Waals surface area contributed by atoms with Crippen molar-refractivity contribution in [2.75, 3.05) is 20.2 Å². The second kappa shape index (κ2) is 7.73. The summed E-state index contributed by atoms with van der Waals surface area (Å²) in [5, 5.41) is 14.5. The van der Waals surface area contributed by atoms with E-state index in [0.717, 1.165) is 25.9 Å². The van der Waals surface area contributed by atoms with Crippen LogP contribution in [-0.2, 0) is 19.1 Å². The normalized spacial score (nSPS) is 19.7. The minimum Gasteiger partial charge on any atom is -0.480 e. The highest BCUT2D eigenvalue weighted by atomic mass is 16.5. The van der Waals surface area contributed by atoms with Crippen molar-refractivity contribution in [1.29, 1.82) is 0 Å². The molecule has 1 amide bonds.